The van der Waals surface area contributed by atoms with Crippen LogP contribution in [0.2, 0.25) is 0 Å². The Morgan fingerprint density at radius 1 is 0.875 bits per heavy atom. The summed E-state index contributed by atoms with van der Waals surface area (Å²) in [5.74, 6) is 0. The van der Waals surface area contributed by atoms with Crippen molar-refractivity contribution >= 4 is 6.08 Å². The first-order chi connectivity index (χ1) is 7.86. The van der Waals surface area contributed by atoms with Gasteiger partial charge in [-0.1, -0.05) is 79.9 Å². The summed E-state index contributed by atoms with van der Waals surface area (Å²) in [4.78, 5) is 0. The Labute approximate surface area is 97.6 Å². The zero-order valence-corrected chi connectivity index (χ0v) is 9.34. The molecule has 0 heteroatoms. The summed E-state index contributed by atoms with van der Waals surface area (Å²) < 4.78 is 0. The van der Waals surface area contributed by atoms with Gasteiger partial charge in [0, 0.05) is 0 Å². The second kappa shape index (κ2) is 7.24. The molecule has 0 aliphatic carbocycles. The van der Waals surface area contributed by atoms with Crippen LogP contribution >= 0.6 is 0 Å². The maximum absolute atomic E-state index is 3.66. The first-order valence-electron chi connectivity index (χ1n) is 5.22. The van der Waals surface area contributed by atoms with Crippen LogP contribution in [0.1, 0.15) is 5.56 Å². The summed E-state index contributed by atoms with van der Waals surface area (Å²) in [7, 11) is 0. The van der Waals surface area contributed by atoms with Gasteiger partial charge >= 0.3 is 0 Å². The molecule has 1 aromatic rings. The standard InChI is InChI=1S/C16H16/c1-3-5-10-15(11-6-4-2)14-16-12-8-7-9-13-16/h3-14H,1-2H2. The summed E-state index contributed by atoms with van der Waals surface area (Å²) >= 11 is 0. The number of benzene rings is 1. The van der Waals surface area contributed by atoms with Crippen LogP contribution in [0, 0.1) is 0 Å². The lowest BCUT2D eigenvalue weighted by Gasteiger charge is -1.95. The molecule has 0 spiro atoms. The van der Waals surface area contributed by atoms with Crippen molar-refractivity contribution in [3.8, 4) is 0 Å². The van der Waals surface area contributed by atoms with Crippen LogP contribution in [0.3, 0.4) is 0 Å². The number of allylic oxidation sites excluding steroid dienone is 7. The minimum Gasteiger partial charge on any atom is -0.0991 e. The lowest BCUT2D eigenvalue weighted by atomic mass is 10.1. The molecule has 0 aliphatic heterocycles. The zero-order chi connectivity index (χ0) is 11.6. The van der Waals surface area contributed by atoms with Gasteiger partial charge in [0.2, 0.25) is 0 Å². The fraction of sp³-hybridized carbons (Fsp3) is 0. The molecule has 16 heavy (non-hydrogen) atoms. The van der Waals surface area contributed by atoms with Crippen LogP contribution in [0.5, 0.6) is 0 Å². The molecule has 0 aromatic heterocycles. The lowest BCUT2D eigenvalue weighted by molar-refractivity contribution is 1.63. The molecule has 1 rings (SSSR count). The van der Waals surface area contributed by atoms with Gasteiger partial charge < -0.3 is 0 Å². The summed E-state index contributed by atoms with van der Waals surface area (Å²) in [6.45, 7) is 7.32. The molecule has 0 saturated carbocycles. The van der Waals surface area contributed by atoms with E-state index in [4.69, 9.17) is 0 Å². The third-order valence-electron chi connectivity index (χ3n) is 1.98. The van der Waals surface area contributed by atoms with Crippen LogP contribution in [-0.4, -0.2) is 0 Å². The molecule has 0 bridgehead atoms. The highest BCUT2D eigenvalue weighted by Crippen LogP contribution is 2.09. The Morgan fingerprint density at radius 3 is 1.94 bits per heavy atom. The van der Waals surface area contributed by atoms with Crippen molar-refractivity contribution in [2.24, 2.45) is 0 Å². The Kier molecular flexibility index (Phi) is 5.43. The van der Waals surface area contributed by atoms with Crippen molar-refractivity contribution in [1.29, 1.82) is 0 Å². The van der Waals surface area contributed by atoms with E-state index in [-0.39, 0.29) is 0 Å². The highest BCUT2D eigenvalue weighted by Gasteiger charge is 1.88. The summed E-state index contributed by atoms with van der Waals surface area (Å²) in [5, 5.41) is 0. The first kappa shape index (κ1) is 12.0. The predicted molar refractivity (Wildman–Crippen MR) is 73.1 cm³/mol. The fourth-order valence-corrected chi connectivity index (χ4v) is 1.25. The highest BCUT2D eigenvalue weighted by atomic mass is 13.9. The molecular formula is C16H16. The quantitative estimate of drug-likeness (QED) is 0.622. The second-order valence-corrected chi connectivity index (χ2v) is 3.24. The normalized spacial score (nSPS) is 10.5. The van der Waals surface area contributed by atoms with Gasteiger partial charge in [-0.15, -0.1) is 0 Å². The molecule has 0 radical (unpaired) electrons. The highest BCUT2D eigenvalue weighted by molar-refractivity contribution is 5.59. The first-order valence-corrected chi connectivity index (χ1v) is 5.22. The average molecular weight is 208 g/mol. The largest absolute Gasteiger partial charge is 0.0991 e. The molecule has 0 aliphatic rings. The van der Waals surface area contributed by atoms with Crippen molar-refractivity contribution in [2.75, 3.05) is 0 Å². The van der Waals surface area contributed by atoms with E-state index >= 15 is 0 Å². The van der Waals surface area contributed by atoms with Crippen molar-refractivity contribution in [2.45, 2.75) is 0 Å². The maximum Gasteiger partial charge on any atom is -0.0251 e. The molecule has 0 heterocycles. The van der Waals surface area contributed by atoms with Gasteiger partial charge in [0.1, 0.15) is 0 Å². The summed E-state index contributed by atoms with van der Waals surface area (Å²) in [6, 6.07) is 10.2. The van der Waals surface area contributed by atoms with E-state index < -0.39 is 0 Å². The van der Waals surface area contributed by atoms with Crippen molar-refractivity contribution in [1.82, 2.24) is 0 Å². The van der Waals surface area contributed by atoms with Gasteiger partial charge in [-0.25, -0.2) is 0 Å². The van der Waals surface area contributed by atoms with Crippen molar-refractivity contribution in [3.05, 3.63) is 91.1 Å². The molecule has 0 N–H and O–H groups in total. The SMILES string of the molecule is C=CC=CC(C=CC=C)=Cc1ccccc1. The predicted octanol–water partition coefficient (Wildman–Crippen LogP) is 4.55. The Balaban J connectivity index is 2.95. The van der Waals surface area contributed by atoms with Crippen molar-refractivity contribution < 1.29 is 0 Å². The molecule has 1 aromatic carbocycles. The Morgan fingerprint density at radius 2 is 1.44 bits per heavy atom. The van der Waals surface area contributed by atoms with Crippen LogP contribution in [0.15, 0.2) is 85.5 Å². The number of rotatable bonds is 5. The van der Waals surface area contributed by atoms with Crippen LogP contribution in [0.25, 0.3) is 6.08 Å². The lowest BCUT2D eigenvalue weighted by Crippen LogP contribution is -1.74. The van der Waals surface area contributed by atoms with E-state index in [0.717, 1.165) is 5.57 Å². The van der Waals surface area contributed by atoms with Gasteiger partial charge in [-0.3, -0.25) is 0 Å². The summed E-state index contributed by atoms with van der Waals surface area (Å²) in [5.41, 5.74) is 2.30. The zero-order valence-electron chi connectivity index (χ0n) is 9.34. The Bertz CT molecular complexity index is 397. The molecule has 0 unspecified atom stereocenters. The van der Waals surface area contributed by atoms with E-state index in [2.05, 4.69) is 31.4 Å². The number of hydrogen-bond donors (Lipinski definition) is 0. The summed E-state index contributed by atoms with van der Waals surface area (Å²) in [6.07, 6.45) is 13.5. The second-order valence-electron chi connectivity index (χ2n) is 3.24. The maximum atomic E-state index is 3.66. The minimum absolute atomic E-state index is 1.12. The van der Waals surface area contributed by atoms with E-state index in [0.29, 0.717) is 0 Å². The molecule has 0 amide bonds. The third kappa shape index (κ3) is 4.43. The molecule has 0 atom stereocenters. The molecule has 0 saturated heterocycles. The minimum atomic E-state index is 1.12. The van der Waals surface area contributed by atoms with Gasteiger partial charge in [-0.05, 0) is 17.2 Å². The van der Waals surface area contributed by atoms with E-state index in [1.807, 2.05) is 42.5 Å². The van der Waals surface area contributed by atoms with E-state index in [1.165, 1.54) is 5.56 Å². The Hall–Kier alpha value is -2.08. The van der Waals surface area contributed by atoms with Gasteiger partial charge in [0.15, 0.2) is 0 Å². The third-order valence-corrected chi connectivity index (χ3v) is 1.98. The van der Waals surface area contributed by atoms with Gasteiger partial charge in [0.25, 0.3) is 0 Å². The number of hydrogen-bond acceptors (Lipinski definition) is 0. The van der Waals surface area contributed by atoms with Crippen LogP contribution in [0.4, 0.5) is 0 Å². The average Bonchev–Trinajstić information content (AvgIpc) is 2.34. The fourth-order valence-electron chi connectivity index (χ4n) is 1.25. The molecule has 0 fully saturated rings. The van der Waals surface area contributed by atoms with Crippen molar-refractivity contribution in [3.63, 3.8) is 0 Å². The van der Waals surface area contributed by atoms with Crippen LogP contribution in [-0.2, 0) is 0 Å². The molecule has 0 nitrogen and oxygen atoms in total. The van der Waals surface area contributed by atoms with Crippen LogP contribution < -0.4 is 0 Å². The topological polar surface area (TPSA) is 0 Å². The molecule has 80 valence electrons. The molecular weight excluding hydrogens is 192 g/mol. The van der Waals surface area contributed by atoms with Gasteiger partial charge in [0.05, 0.1) is 0 Å². The van der Waals surface area contributed by atoms with E-state index in [9.17, 15) is 0 Å². The van der Waals surface area contributed by atoms with Gasteiger partial charge in [-0.2, -0.15) is 0 Å². The van der Waals surface area contributed by atoms with E-state index in [1.54, 1.807) is 12.2 Å². The monoisotopic (exact) mass is 208 g/mol. The smallest absolute Gasteiger partial charge is 0.0251 e.